The van der Waals surface area contributed by atoms with Crippen LogP contribution in [0.5, 0.6) is 0 Å². The van der Waals surface area contributed by atoms with Crippen LogP contribution >= 0.6 is 16.9 Å². The van der Waals surface area contributed by atoms with Gasteiger partial charge in [0.2, 0.25) is 0 Å². The summed E-state index contributed by atoms with van der Waals surface area (Å²) in [6.45, 7) is 0. The van der Waals surface area contributed by atoms with Crippen molar-refractivity contribution < 1.29 is 12.6 Å². The Bertz CT molecular complexity index is 91.3. The smallest absolute Gasteiger partial charge is 0.254 e. The Morgan fingerprint density at radius 1 is 1.62 bits per heavy atom. The molecule has 1 unspecified atom stereocenters. The van der Waals surface area contributed by atoms with Crippen LogP contribution in [0.25, 0.3) is 0 Å². The average Bonchev–Trinajstić information content (AvgIpc) is 1.65. The van der Waals surface area contributed by atoms with Crippen LogP contribution in [0.15, 0.2) is 4.52 Å². The van der Waals surface area contributed by atoms with Crippen molar-refractivity contribution in [3.05, 3.63) is 0 Å². The summed E-state index contributed by atoms with van der Waals surface area (Å²) in [6.07, 6.45) is 0. The molecule has 0 amide bonds. The summed E-state index contributed by atoms with van der Waals surface area (Å²) in [5, 5.41) is 1.97. The highest BCUT2D eigenvalue weighted by Gasteiger charge is 1.99. The highest BCUT2D eigenvalue weighted by atomic mass is 31.2. The first-order valence-electron chi connectivity index (χ1n) is 1.69. The summed E-state index contributed by atoms with van der Waals surface area (Å²) >= 11 is 0. The van der Waals surface area contributed by atoms with Gasteiger partial charge in [-0.15, -0.1) is 0 Å². The first kappa shape index (κ1) is 8.41. The van der Waals surface area contributed by atoms with Gasteiger partial charge in [0.15, 0.2) is 0 Å². The number of rotatable bonds is 2. The lowest BCUT2D eigenvalue weighted by Crippen LogP contribution is -1.88. The molecular weight excluding hydrogens is 159 g/mol. The topological polar surface area (TPSA) is 24.4 Å². The van der Waals surface area contributed by atoms with Crippen LogP contribution < -0.4 is 5.09 Å². The number of halogens is 3. The zero-order valence-corrected chi connectivity index (χ0v) is 5.92. The van der Waals surface area contributed by atoms with Gasteiger partial charge >= 0.3 is 0 Å². The van der Waals surface area contributed by atoms with E-state index in [4.69, 9.17) is 0 Å². The number of hydrogen-bond donors (Lipinski definition) is 1. The third-order valence-electron chi connectivity index (χ3n) is 0.348. The summed E-state index contributed by atoms with van der Waals surface area (Å²) in [4.78, 5) is 0. The molecule has 0 spiro atoms. The Morgan fingerprint density at radius 3 is 2.25 bits per heavy atom. The van der Waals surface area contributed by atoms with Gasteiger partial charge in [0.05, 0.1) is 0 Å². The Labute approximate surface area is 47.2 Å². The number of nitrogens with zero attached hydrogens (tertiary/aromatic N) is 1. The fraction of sp³-hybridized carbons (Fsp3) is 1.00. The van der Waals surface area contributed by atoms with Gasteiger partial charge in [-0.05, 0) is 7.05 Å². The van der Waals surface area contributed by atoms with Crippen molar-refractivity contribution >= 4 is 16.9 Å². The lowest BCUT2D eigenvalue weighted by molar-refractivity contribution is 0.762. The van der Waals surface area contributed by atoms with E-state index < -0.39 is 16.9 Å². The maximum absolute atomic E-state index is 11.7. The van der Waals surface area contributed by atoms with Crippen molar-refractivity contribution in [2.75, 3.05) is 7.05 Å². The molecule has 1 N–H and O–H groups in total. The quantitative estimate of drug-likeness (QED) is 0.623. The van der Waals surface area contributed by atoms with Gasteiger partial charge in [-0.2, -0.15) is 17.1 Å². The van der Waals surface area contributed by atoms with Crippen molar-refractivity contribution in [2.24, 2.45) is 4.52 Å². The molecule has 2 nitrogen and oxygen atoms in total. The SMILES string of the molecule is CNP(F)N=[PH](F)F. The molecule has 0 radical (unpaired) electrons. The van der Waals surface area contributed by atoms with Crippen molar-refractivity contribution in [1.82, 2.24) is 5.09 Å². The van der Waals surface area contributed by atoms with Gasteiger partial charge in [-0.3, -0.25) is 5.09 Å². The number of nitrogens with one attached hydrogen (secondary N) is 1. The molecule has 0 aliphatic rings. The molecule has 0 aromatic rings. The van der Waals surface area contributed by atoms with E-state index in [0.29, 0.717) is 0 Å². The summed E-state index contributed by atoms with van der Waals surface area (Å²) in [5.74, 6) is 0. The summed E-state index contributed by atoms with van der Waals surface area (Å²) < 4.78 is 36.5. The van der Waals surface area contributed by atoms with Gasteiger partial charge < -0.3 is 0 Å². The molecule has 0 heterocycles. The maximum atomic E-state index is 11.7. The van der Waals surface area contributed by atoms with Gasteiger partial charge in [0.1, 0.15) is 0 Å². The minimum absolute atomic E-state index is 1.25. The molecule has 1 atom stereocenters. The monoisotopic (exact) mass is 164 g/mol. The van der Waals surface area contributed by atoms with Gasteiger partial charge in [-0.25, -0.2) is 0 Å². The predicted octanol–water partition coefficient (Wildman–Crippen LogP) is 2.57. The van der Waals surface area contributed by atoms with E-state index in [2.05, 4.69) is 4.52 Å². The first-order chi connectivity index (χ1) is 3.66. The van der Waals surface area contributed by atoms with E-state index in [0.717, 1.165) is 0 Å². The van der Waals surface area contributed by atoms with E-state index >= 15 is 0 Å². The first-order valence-corrected chi connectivity index (χ1v) is 4.08. The van der Waals surface area contributed by atoms with E-state index in [1.54, 1.807) is 0 Å². The molecule has 8 heavy (non-hydrogen) atoms. The van der Waals surface area contributed by atoms with Crippen LogP contribution in [-0.4, -0.2) is 7.05 Å². The Kier molecular flexibility index (Phi) is 4.53. The second-order valence-corrected chi connectivity index (χ2v) is 3.07. The van der Waals surface area contributed by atoms with Gasteiger partial charge in [0, 0.05) is 0 Å². The molecule has 0 fully saturated rings. The highest BCUT2D eigenvalue weighted by molar-refractivity contribution is 7.55. The van der Waals surface area contributed by atoms with Gasteiger partial charge in [0.25, 0.3) is 16.9 Å². The lowest BCUT2D eigenvalue weighted by atomic mass is 11.6. The van der Waals surface area contributed by atoms with E-state index in [1.165, 1.54) is 7.05 Å². The largest absolute Gasteiger partial charge is 0.289 e. The summed E-state index contributed by atoms with van der Waals surface area (Å²) in [6, 6.07) is 0. The molecule has 0 aliphatic carbocycles. The standard InChI is InChI=1S/CH5F3N2P2/c1-5-8(4)6-7(2)3/h5,7H,1H3. The zero-order chi connectivity index (χ0) is 6.57. The van der Waals surface area contributed by atoms with Crippen LogP contribution in [0.1, 0.15) is 0 Å². The van der Waals surface area contributed by atoms with Crippen LogP contribution in [0, 0.1) is 0 Å². The van der Waals surface area contributed by atoms with Gasteiger partial charge in [-0.1, -0.05) is 0 Å². The molecule has 0 aromatic carbocycles. The van der Waals surface area contributed by atoms with Crippen LogP contribution in [0.2, 0.25) is 0 Å². The summed E-state index contributed by atoms with van der Waals surface area (Å²) in [5.41, 5.74) is 0. The molecule has 7 heteroatoms. The average molecular weight is 164 g/mol. The summed E-state index contributed by atoms with van der Waals surface area (Å²) in [7, 11) is -4.93. The minimum Gasteiger partial charge on any atom is -0.254 e. The molecule has 0 aliphatic heterocycles. The normalized spacial score (nSPS) is 14.1. The highest BCUT2D eigenvalue weighted by Crippen LogP contribution is 2.44. The molecule has 0 aromatic heterocycles. The van der Waals surface area contributed by atoms with Crippen molar-refractivity contribution in [3.8, 4) is 0 Å². The van der Waals surface area contributed by atoms with Crippen molar-refractivity contribution in [3.63, 3.8) is 0 Å². The Balaban J connectivity index is 3.51. The fourth-order valence-electron chi connectivity index (χ4n) is 0.116. The van der Waals surface area contributed by atoms with Crippen LogP contribution in [0.4, 0.5) is 12.6 Å². The predicted molar refractivity (Wildman–Crippen MR) is 30.0 cm³/mol. The third kappa shape index (κ3) is 4.57. The fourth-order valence-corrected chi connectivity index (χ4v) is 1.05. The second kappa shape index (κ2) is 4.30. The Hall–Kier alpha value is 0.410. The van der Waals surface area contributed by atoms with Crippen molar-refractivity contribution in [1.29, 1.82) is 0 Å². The second-order valence-electron chi connectivity index (χ2n) is 0.824. The number of hydrogen-bond acceptors (Lipinski definition) is 2. The van der Waals surface area contributed by atoms with Crippen molar-refractivity contribution in [2.45, 2.75) is 0 Å². The van der Waals surface area contributed by atoms with Crippen LogP contribution in [0.3, 0.4) is 0 Å². The van der Waals surface area contributed by atoms with E-state index in [1.807, 2.05) is 5.09 Å². The molecule has 0 saturated carbocycles. The van der Waals surface area contributed by atoms with E-state index in [9.17, 15) is 12.6 Å². The zero-order valence-electron chi connectivity index (χ0n) is 4.03. The van der Waals surface area contributed by atoms with Crippen LogP contribution in [-0.2, 0) is 0 Å². The minimum atomic E-state index is -3.73. The molecular formula is CH5F3N2P2. The molecule has 50 valence electrons. The molecule has 0 bridgehead atoms. The molecule has 0 saturated heterocycles. The van der Waals surface area contributed by atoms with E-state index in [-0.39, 0.29) is 0 Å². The lowest BCUT2D eigenvalue weighted by Gasteiger charge is -1.93. The third-order valence-corrected chi connectivity index (χ3v) is 2.02. The molecule has 0 rings (SSSR count). The maximum Gasteiger partial charge on any atom is 0.289 e. The Morgan fingerprint density at radius 2 is 2.12 bits per heavy atom.